The maximum Gasteiger partial charge on any atom is 0.336 e. The standard InChI is InChI=1S/C11H11N3O3S/c1-14-11(12-6-13-14)18-9-5-7(17-2)3-4-8(9)10(15)16/h3-6H,1-2H3,(H,15,16). The van der Waals surface area contributed by atoms with E-state index >= 15 is 0 Å². The molecule has 0 atom stereocenters. The van der Waals surface area contributed by atoms with E-state index in [1.165, 1.54) is 31.3 Å². The number of methoxy groups -OCH3 is 1. The van der Waals surface area contributed by atoms with Gasteiger partial charge in [-0.1, -0.05) is 0 Å². The highest BCUT2D eigenvalue weighted by Gasteiger charge is 2.14. The molecule has 1 aromatic heterocycles. The number of nitrogens with zero attached hydrogens (tertiary/aromatic N) is 3. The highest BCUT2D eigenvalue weighted by molar-refractivity contribution is 7.99. The molecule has 7 heteroatoms. The zero-order chi connectivity index (χ0) is 13.1. The maximum absolute atomic E-state index is 11.1. The fraction of sp³-hybridized carbons (Fsp3) is 0.182. The normalized spacial score (nSPS) is 10.3. The molecule has 94 valence electrons. The Hall–Kier alpha value is -2.02. The zero-order valence-corrected chi connectivity index (χ0v) is 10.6. The summed E-state index contributed by atoms with van der Waals surface area (Å²) in [6, 6.07) is 4.80. The third-order valence-electron chi connectivity index (χ3n) is 2.29. The Morgan fingerprint density at radius 3 is 2.83 bits per heavy atom. The van der Waals surface area contributed by atoms with Gasteiger partial charge in [0.05, 0.1) is 12.7 Å². The Balaban J connectivity index is 2.41. The zero-order valence-electron chi connectivity index (χ0n) is 9.82. The first-order valence-electron chi connectivity index (χ1n) is 5.05. The van der Waals surface area contributed by atoms with Crippen molar-refractivity contribution in [2.24, 2.45) is 7.05 Å². The van der Waals surface area contributed by atoms with Crippen molar-refractivity contribution < 1.29 is 14.6 Å². The second-order valence-corrected chi connectivity index (χ2v) is 4.44. The molecule has 1 aromatic carbocycles. The molecule has 0 aliphatic heterocycles. The molecule has 0 amide bonds. The van der Waals surface area contributed by atoms with Gasteiger partial charge in [-0.15, -0.1) is 0 Å². The number of carboxylic acids is 1. The van der Waals surface area contributed by atoms with Crippen LogP contribution in [-0.4, -0.2) is 33.0 Å². The van der Waals surface area contributed by atoms with Gasteiger partial charge in [0.2, 0.25) is 0 Å². The number of carbonyl (C=O) groups is 1. The smallest absolute Gasteiger partial charge is 0.336 e. The van der Waals surface area contributed by atoms with E-state index < -0.39 is 5.97 Å². The van der Waals surface area contributed by atoms with Crippen LogP contribution in [-0.2, 0) is 7.05 Å². The molecule has 2 rings (SSSR count). The number of carboxylic acid groups (broad SMARTS) is 1. The number of aromatic nitrogens is 3. The van der Waals surface area contributed by atoms with Gasteiger partial charge >= 0.3 is 5.97 Å². The van der Waals surface area contributed by atoms with Crippen LogP contribution in [0.1, 0.15) is 10.4 Å². The predicted molar refractivity (Wildman–Crippen MR) is 65.1 cm³/mol. The van der Waals surface area contributed by atoms with E-state index in [4.69, 9.17) is 9.84 Å². The molecule has 0 aliphatic carbocycles. The molecular weight excluding hydrogens is 254 g/mol. The van der Waals surface area contributed by atoms with Gasteiger partial charge in [0, 0.05) is 11.9 Å². The second kappa shape index (κ2) is 5.09. The van der Waals surface area contributed by atoms with E-state index in [0.717, 1.165) is 0 Å². The summed E-state index contributed by atoms with van der Waals surface area (Å²) in [5.41, 5.74) is 0.212. The third-order valence-corrected chi connectivity index (χ3v) is 3.40. The highest BCUT2D eigenvalue weighted by Crippen LogP contribution is 2.31. The minimum absolute atomic E-state index is 0.212. The summed E-state index contributed by atoms with van der Waals surface area (Å²) in [5.74, 6) is -0.382. The first-order valence-corrected chi connectivity index (χ1v) is 5.86. The van der Waals surface area contributed by atoms with Crippen LogP contribution in [0.15, 0.2) is 34.6 Å². The number of rotatable bonds is 4. The largest absolute Gasteiger partial charge is 0.497 e. The summed E-state index contributed by atoms with van der Waals surface area (Å²) in [4.78, 5) is 15.8. The molecule has 0 unspecified atom stereocenters. The summed E-state index contributed by atoms with van der Waals surface area (Å²) in [6.07, 6.45) is 1.42. The van der Waals surface area contributed by atoms with Crippen LogP contribution in [0.2, 0.25) is 0 Å². The maximum atomic E-state index is 11.1. The molecule has 0 radical (unpaired) electrons. The lowest BCUT2D eigenvalue weighted by atomic mass is 10.2. The topological polar surface area (TPSA) is 77.2 Å². The molecule has 6 nitrogen and oxygen atoms in total. The fourth-order valence-corrected chi connectivity index (χ4v) is 2.28. The average Bonchev–Trinajstić information content (AvgIpc) is 2.74. The fourth-order valence-electron chi connectivity index (χ4n) is 1.37. The summed E-state index contributed by atoms with van der Waals surface area (Å²) in [6.45, 7) is 0. The number of hydrogen-bond acceptors (Lipinski definition) is 5. The Labute approximate surface area is 108 Å². The molecule has 0 spiro atoms. The van der Waals surface area contributed by atoms with Crippen LogP contribution in [0.5, 0.6) is 5.75 Å². The van der Waals surface area contributed by atoms with Crippen LogP contribution in [0.25, 0.3) is 0 Å². The van der Waals surface area contributed by atoms with Gasteiger partial charge in [0.25, 0.3) is 0 Å². The minimum atomic E-state index is -0.984. The van der Waals surface area contributed by atoms with Crippen molar-refractivity contribution >= 4 is 17.7 Å². The Morgan fingerprint density at radius 2 is 2.28 bits per heavy atom. The number of hydrogen-bond donors (Lipinski definition) is 1. The number of aromatic carboxylic acids is 1. The van der Waals surface area contributed by atoms with E-state index in [0.29, 0.717) is 15.8 Å². The van der Waals surface area contributed by atoms with Crippen LogP contribution in [0, 0.1) is 0 Å². The van der Waals surface area contributed by atoms with Crippen LogP contribution >= 0.6 is 11.8 Å². The molecule has 18 heavy (non-hydrogen) atoms. The van der Waals surface area contributed by atoms with Crippen molar-refractivity contribution in [2.75, 3.05) is 7.11 Å². The molecule has 1 heterocycles. The molecule has 0 fully saturated rings. The number of aryl methyl sites for hydroxylation is 1. The molecule has 0 saturated carbocycles. The van der Waals surface area contributed by atoms with Crippen molar-refractivity contribution in [3.05, 3.63) is 30.1 Å². The lowest BCUT2D eigenvalue weighted by Crippen LogP contribution is -2.00. The van der Waals surface area contributed by atoms with Crippen molar-refractivity contribution in [3.8, 4) is 5.75 Å². The average molecular weight is 265 g/mol. The van der Waals surface area contributed by atoms with Crippen LogP contribution in [0.3, 0.4) is 0 Å². The second-order valence-electron chi connectivity index (χ2n) is 3.44. The summed E-state index contributed by atoms with van der Waals surface area (Å²) in [7, 11) is 3.28. The van der Waals surface area contributed by atoms with Gasteiger partial charge in [-0.2, -0.15) is 5.10 Å². The van der Waals surface area contributed by atoms with Crippen molar-refractivity contribution in [1.29, 1.82) is 0 Å². The number of benzene rings is 1. The Morgan fingerprint density at radius 1 is 1.50 bits per heavy atom. The van der Waals surface area contributed by atoms with Gasteiger partial charge in [-0.3, -0.25) is 0 Å². The first kappa shape index (κ1) is 12.4. The lowest BCUT2D eigenvalue weighted by molar-refractivity contribution is 0.0693. The molecule has 0 bridgehead atoms. The van der Waals surface area contributed by atoms with E-state index in [1.807, 2.05) is 0 Å². The lowest BCUT2D eigenvalue weighted by Gasteiger charge is -2.07. The predicted octanol–water partition coefficient (Wildman–Crippen LogP) is 1.67. The van der Waals surface area contributed by atoms with Crippen molar-refractivity contribution in [3.63, 3.8) is 0 Å². The van der Waals surface area contributed by atoms with Crippen LogP contribution < -0.4 is 4.74 Å². The van der Waals surface area contributed by atoms with Crippen molar-refractivity contribution in [2.45, 2.75) is 10.1 Å². The minimum Gasteiger partial charge on any atom is -0.497 e. The third kappa shape index (κ3) is 2.45. The van der Waals surface area contributed by atoms with E-state index in [-0.39, 0.29) is 5.56 Å². The quantitative estimate of drug-likeness (QED) is 0.906. The van der Waals surface area contributed by atoms with E-state index in [9.17, 15) is 4.79 Å². The van der Waals surface area contributed by atoms with E-state index in [2.05, 4.69) is 10.1 Å². The SMILES string of the molecule is COc1ccc(C(=O)O)c(Sc2ncnn2C)c1. The van der Waals surface area contributed by atoms with Gasteiger partial charge < -0.3 is 9.84 Å². The molecule has 2 aromatic rings. The van der Waals surface area contributed by atoms with Gasteiger partial charge in [-0.25, -0.2) is 14.5 Å². The van der Waals surface area contributed by atoms with Gasteiger partial charge in [0.1, 0.15) is 12.1 Å². The first-order chi connectivity index (χ1) is 8.61. The summed E-state index contributed by atoms with van der Waals surface area (Å²) in [5, 5.41) is 13.7. The summed E-state index contributed by atoms with van der Waals surface area (Å²) >= 11 is 1.23. The highest BCUT2D eigenvalue weighted by atomic mass is 32.2. The van der Waals surface area contributed by atoms with Gasteiger partial charge in [0.15, 0.2) is 5.16 Å². The molecular formula is C11H11N3O3S. The molecule has 0 saturated heterocycles. The number of ether oxygens (including phenoxy) is 1. The van der Waals surface area contributed by atoms with Crippen LogP contribution in [0.4, 0.5) is 0 Å². The van der Waals surface area contributed by atoms with Crippen molar-refractivity contribution in [1.82, 2.24) is 14.8 Å². The molecule has 0 aliphatic rings. The van der Waals surface area contributed by atoms with Gasteiger partial charge in [-0.05, 0) is 30.0 Å². The Bertz CT molecular complexity index is 583. The van der Waals surface area contributed by atoms with E-state index in [1.54, 1.807) is 23.9 Å². The monoisotopic (exact) mass is 265 g/mol. The Kier molecular flexibility index (Phi) is 3.52. The molecule has 1 N–H and O–H groups in total. The summed E-state index contributed by atoms with van der Waals surface area (Å²) < 4.78 is 6.67.